The van der Waals surface area contributed by atoms with Crippen LogP contribution in [0.15, 0.2) is 84.4 Å². The van der Waals surface area contributed by atoms with Gasteiger partial charge in [0.05, 0.1) is 16.8 Å². The summed E-state index contributed by atoms with van der Waals surface area (Å²) < 4.78 is 0. The highest BCUT2D eigenvalue weighted by molar-refractivity contribution is 7.12. The average Bonchev–Trinajstić information content (AvgIpc) is 3.61. The van der Waals surface area contributed by atoms with Crippen LogP contribution in [0.4, 0.5) is 0 Å². The molecule has 0 bridgehead atoms. The van der Waals surface area contributed by atoms with Crippen molar-refractivity contribution in [3.63, 3.8) is 0 Å². The lowest BCUT2D eigenvalue weighted by Gasteiger charge is -2.40. The molecule has 1 aliphatic heterocycles. The molecule has 5 nitrogen and oxygen atoms in total. The molecule has 0 radical (unpaired) electrons. The van der Waals surface area contributed by atoms with E-state index < -0.39 is 0 Å². The molecule has 2 aromatic carbocycles. The zero-order valence-corrected chi connectivity index (χ0v) is 21.0. The number of piperidine rings is 1. The Labute approximate surface area is 211 Å². The molecule has 3 heterocycles. The molecule has 1 N–H and O–H groups in total. The Morgan fingerprint density at radius 3 is 2.46 bits per heavy atom. The van der Waals surface area contributed by atoms with E-state index in [2.05, 4.69) is 69.7 Å². The number of hydrogen-bond acceptors (Lipinski definition) is 4. The van der Waals surface area contributed by atoms with E-state index in [1.54, 1.807) is 0 Å². The Morgan fingerprint density at radius 2 is 1.77 bits per heavy atom. The summed E-state index contributed by atoms with van der Waals surface area (Å²) >= 11 is 1.52. The van der Waals surface area contributed by atoms with E-state index in [1.165, 1.54) is 28.0 Å². The molecule has 2 aromatic heterocycles. The first-order chi connectivity index (χ1) is 17.2. The second-order valence-corrected chi connectivity index (χ2v) is 10.3. The number of hydrogen-bond donors (Lipinski definition) is 1. The van der Waals surface area contributed by atoms with Crippen molar-refractivity contribution < 1.29 is 4.79 Å². The van der Waals surface area contributed by atoms with Crippen LogP contribution in [0, 0.1) is 5.92 Å². The summed E-state index contributed by atoms with van der Waals surface area (Å²) in [6.07, 6.45) is 5.01. The first kappa shape index (κ1) is 23.5. The van der Waals surface area contributed by atoms with Gasteiger partial charge in [0, 0.05) is 25.2 Å². The highest BCUT2D eigenvalue weighted by Crippen LogP contribution is 2.30. The van der Waals surface area contributed by atoms with Crippen molar-refractivity contribution in [2.45, 2.75) is 31.8 Å². The number of likely N-dealkylation sites (N-methyl/N-ethyl adjacent to an activating group) is 1. The van der Waals surface area contributed by atoms with Crippen LogP contribution in [-0.2, 0) is 13.0 Å². The second-order valence-electron chi connectivity index (χ2n) is 9.40. The Bertz CT molecular complexity index is 1200. The van der Waals surface area contributed by atoms with Crippen molar-refractivity contribution in [1.82, 2.24) is 20.0 Å². The van der Waals surface area contributed by atoms with Crippen molar-refractivity contribution in [3.8, 4) is 11.3 Å². The Morgan fingerprint density at radius 1 is 1.06 bits per heavy atom. The lowest BCUT2D eigenvalue weighted by Crippen LogP contribution is -2.47. The van der Waals surface area contributed by atoms with Gasteiger partial charge in [-0.25, -0.2) is 0 Å². The van der Waals surface area contributed by atoms with Gasteiger partial charge in [0.2, 0.25) is 0 Å². The lowest BCUT2D eigenvalue weighted by molar-refractivity contribution is 0.0589. The number of aromatic nitrogens is 2. The third-order valence-corrected chi connectivity index (χ3v) is 8.05. The molecule has 6 heteroatoms. The number of benzene rings is 2. The summed E-state index contributed by atoms with van der Waals surface area (Å²) in [5, 5.41) is 9.49. The summed E-state index contributed by atoms with van der Waals surface area (Å²) in [6.45, 7) is 2.94. The molecule has 1 atom stereocenters. The minimum absolute atomic E-state index is 0.134. The van der Waals surface area contributed by atoms with Gasteiger partial charge >= 0.3 is 0 Å². The van der Waals surface area contributed by atoms with Crippen LogP contribution in [0.2, 0.25) is 0 Å². The summed E-state index contributed by atoms with van der Waals surface area (Å²) in [6, 6.07) is 25.1. The fourth-order valence-corrected chi connectivity index (χ4v) is 5.93. The maximum Gasteiger partial charge on any atom is 0.263 e. The number of H-pyrrole nitrogens is 1. The SMILES string of the molecule is CN(C(=O)c1cccs1)[C@@H](Cc1ccccc1)C1CCN(Cc2cn[nH]c2-c2ccccc2)CC1. The summed E-state index contributed by atoms with van der Waals surface area (Å²) in [7, 11) is 1.99. The van der Waals surface area contributed by atoms with Gasteiger partial charge in [0.15, 0.2) is 0 Å². The van der Waals surface area contributed by atoms with Crippen molar-refractivity contribution in [1.29, 1.82) is 0 Å². The maximum absolute atomic E-state index is 13.2. The lowest BCUT2D eigenvalue weighted by atomic mass is 9.84. The van der Waals surface area contributed by atoms with Gasteiger partial charge in [-0.05, 0) is 60.8 Å². The standard InChI is InChI=1S/C29H32N4OS/c1-32(29(34)27-13-8-18-35-27)26(19-22-9-4-2-5-10-22)23-14-16-33(17-15-23)21-25-20-30-31-28(25)24-11-6-3-7-12-24/h2-13,18,20,23,26H,14-17,19,21H2,1H3,(H,30,31)/t26-/m0/s1. The van der Waals surface area contributed by atoms with Gasteiger partial charge in [-0.1, -0.05) is 66.7 Å². The normalized spacial score (nSPS) is 15.7. The van der Waals surface area contributed by atoms with E-state index in [9.17, 15) is 4.79 Å². The minimum atomic E-state index is 0.134. The predicted molar refractivity (Wildman–Crippen MR) is 142 cm³/mol. The zero-order valence-electron chi connectivity index (χ0n) is 20.1. The quantitative estimate of drug-likeness (QED) is 0.347. The third kappa shape index (κ3) is 5.55. The largest absolute Gasteiger partial charge is 0.337 e. The monoisotopic (exact) mass is 484 g/mol. The molecule has 0 saturated carbocycles. The number of amides is 1. The summed E-state index contributed by atoms with van der Waals surface area (Å²) in [5.74, 6) is 0.604. The molecule has 0 spiro atoms. The highest BCUT2D eigenvalue weighted by atomic mass is 32.1. The van der Waals surface area contributed by atoms with Crippen LogP contribution in [0.5, 0.6) is 0 Å². The molecule has 180 valence electrons. The number of nitrogens with one attached hydrogen (secondary N) is 1. The number of carbonyl (C=O) groups excluding carboxylic acids is 1. The molecule has 1 aliphatic rings. The molecule has 4 aromatic rings. The third-order valence-electron chi connectivity index (χ3n) is 7.19. The van der Waals surface area contributed by atoms with Crippen LogP contribution >= 0.6 is 11.3 Å². The molecule has 35 heavy (non-hydrogen) atoms. The van der Waals surface area contributed by atoms with E-state index in [-0.39, 0.29) is 11.9 Å². The van der Waals surface area contributed by atoms with E-state index in [1.807, 2.05) is 41.7 Å². The number of rotatable bonds is 8. The van der Waals surface area contributed by atoms with Gasteiger partial charge in [0.1, 0.15) is 0 Å². The van der Waals surface area contributed by atoms with E-state index in [0.29, 0.717) is 5.92 Å². The first-order valence-electron chi connectivity index (χ1n) is 12.3. The Balaban J connectivity index is 1.27. The topological polar surface area (TPSA) is 52.2 Å². The molecule has 0 aliphatic carbocycles. The minimum Gasteiger partial charge on any atom is -0.337 e. The number of aromatic amines is 1. The van der Waals surface area contributed by atoms with Crippen molar-refractivity contribution in [2.24, 2.45) is 5.92 Å². The molecular formula is C29H32N4OS. The van der Waals surface area contributed by atoms with Crippen LogP contribution in [0.3, 0.4) is 0 Å². The van der Waals surface area contributed by atoms with E-state index >= 15 is 0 Å². The van der Waals surface area contributed by atoms with Crippen molar-refractivity contribution in [3.05, 3.63) is 100 Å². The van der Waals surface area contributed by atoms with Crippen LogP contribution in [0.1, 0.15) is 33.6 Å². The number of likely N-dealkylation sites (tertiary alicyclic amines) is 1. The van der Waals surface area contributed by atoms with Crippen LogP contribution in [-0.4, -0.2) is 52.1 Å². The molecular weight excluding hydrogens is 452 g/mol. The first-order valence-corrected chi connectivity index (χ1v) is 13.2. The molecule has 0 unspecified atom stereocenters. The highest BCUT2D eigenvalue weighted by Gasteiger charge is 2.32. The molecule has 1 amide bonds. The van der Waals surface area contributed by atoms with Gasteiger partial charge in [0.25, 0.3) is 5.91 Å². The number of nitrogens with zero attached hydrogens (tertiary/aromatic N) is 3. The zero-order chi connectivity index (χ0) is 24.0. The number of carbonyl (C=O) groups is 1. The van der Waals surface area contributed by atoms with E-state index in [4.69, 9.17) is 0 Å². The second kappa shape index (κ2) is 11.0. The summed E-state index contributed by atoms with van der Waals surface area (Å²) in [5.41, 5.74) is 4.81. The van der Waals surface area contributed by atoms with Crippen molar-refractivity contribution in [2.75, 3.05) is 20.1 Å². The van der Waals surface area contributed by atoms with Gasteiger partial charge in [-0.3, -0.25) is 14.8 Å². The van der Waals surface area contributed by atoms with Crippen molar-refractivity contribution >= 4 is 17.2 Å². The molecule has 1 fully saturated rings. The smallest absolute Gasteiger partial charge is 0.263 e. The van der Waals surface area contributed by atoms with Crippen LogP contribution < -0.4 is 0 Å². The van der Waals surface area contributed by atoms with Crippen LogP contribution in [0.25, 0.3) is 11.3 Å². The predicted octanol–water partition coefficient (Wildman–Crippen LogP) is 5.73. The fraction of sp³-hybridized carbons (Fsp3) is 0.310. The average molecular weight is 485 g/mol. The van der Waals surface area contributed by atoms with Gasteiger partial charge < -0.3 is 4.90 Å². The Kier molecular flexibility index (Phi) is 7.40. The summed E-state index contributed by atoms with van der Waals surface area (Å²) in [4.78, 5) is 18.6. The Hall–Kier alpha value is -3.22. The molecule has 5 rings (SSSR count). The van der Waals surface area contributed by atoms with Gasteiger partial charge in [-0.2, -0.15) is 5.10 Å². The van der Waals surface area contributed by atoms with E-state index in [0.717, 1.165) is 49.5 Å². The van der Waals surface area contributed by atoms with Gasteiger partial charge in [-0.15, -0.1) is 11.3 Å². The molecule has 1 saturated heterocycles. The fourth-order valence-electron chi connectivity index (χ4n) is 5.22. The maximum atomic E-state index is 13.2. The number of thiophene rings is 1.